The van der Waals surface area contributed by atoms with Crippen LogP contribution in [-0.4, -0.2) is 18.7 Å². The number of nitrogens with zero attached hydrogens (tertiary/aromatic N) is 1. The molecule has 0 spiro atoms. The van der Waals surface area contributed by atoms with Crippen LogP contribution >= 0.6 is 50.7 Å². The Morgan fingerprint density at radius 2 is 1.89 bits per heavy atom. The Hall–Kier alpha value is -2.71. The van der Waals surface area contributed by atoms with Crippen LogP contribution < -0.4 is 14.9 Å². The molecule has 10 heteroatoms. The molecule has 0 saturated heterocycles. The molecule has 0 radical (unpaired) electrons. The van der Waals surface area contributed by atoms with E-state index in [0.29, 0.717) is 48.8 Å². The first-order valence-electron chi connectivity index (χ1n) is 10.4. The van der Waals surface area contributed by atoms with Crippen LogP contribution in [0.3, 0.4) is 0 Å². The fourth-order valence-corrected chi connectivity index (χ4v) is 4.64. The van der Waals surface area contributed by atoms with Gasteiger partial charge in [-0.3, -0.25) is 4.79 Å². The lowest BCUT2D eigenvalue weighted by atomic mass is 10.2. The number of carbonyl (C=O) groups excluding carboxylic acids is 1. The van der Waals surface area contributed by atoms with Crippen molar-refractivity contribution >= 4 is 73.8 Å². The molecule has 0 atom stereocenters. The highest BCUT2D eigenvalue weighted by Crippen LogP contribution is 2.35. The molecule has 1 N–H and O–H groups in total. The molecule has 0 fully saturated rings. The third-order valence-electron chi connectivity index (χ3n) is 4.81. The van der Waals surface area contributed by atoms with Gasteiger partial charge < -0.3 is 13.9 Å². The smallest absolute Gasteiger partial charge is 0.307 e. The molecule has 0 aliphatic heterocycles. The van der Waals surface area contributed by atoms with Crippen LogP contribution in [0.2, 0.25) is 15.1 Å². The van der Waals surface area contributed by atoms with Gasteiger partial charge in [-0.15, -0.1) is 0 Å². The maximum Gasteiger partial charge on any atom is 0.307 e. The van der Waals surface area contributed by atoms with E-state index >= 15 is 0 Å². The van der Waals surface area contributed by atoms with Gasteiger partial charge in [-0.25, -0.2) is 5.43 Å². The Balaban J connectivity index is 1.40. The molecule has 35 heavy (non-hydrogen) atoms. The quantitative estimate of drug-likeness (QED) is 0.166. The number of benzene rings is 3. The minimum atomic E-state index is -0.486. The lowest BCUT2D eigenvalue weighted by Gasteiger charge is -2.12. The van der Waals surface area contributed by atoms with Crippen molar-refractivity contribution < 1.29 is 18.7 Å². The Bertz CT molecular complexity index is 1400. The van der Waals surface area contributed by atoms with E-state index in [1.807, 2.05) is 13.0 Å². The molecular weight excluding hydrogens is 579 g/mol. The molecule has 1 aromatic heterocycles. The van der Waals surface area contributed by atoms with Gasteiger partial charge in [-0.05, 0) is 76.9 Å². The highest BCUT2D eigenvalue weighted by atomic mass is 79.9. The van der Waals surface area contributed by atoms with Crippen LogP contribution in [0.1, 0.15) is 28.6 Å². The molecule has 4 aromatic rings. The van der Waals surface area contributed by atoms with E-state index in [1.165, 1.54) is 6.21 Å². The Morgan fingerprint density at radius 1 is 1.06 bits per heavy atom. The van der Waals surface area contributed by atoms with Crippen molar-refractivity contribution in [2.24, 2.45) is 5.10 Å². The van der Waals surface area contributed by atoms with Crippen LogP contribution in [0.15, 0.2) is 68.6 Å². The lowest BCUT2D eigenvalue weighted by Crippen LogP contribution is -2.16. The number of carbonyl (C=O) groups is 1. The average Bonchev–Trinajstić information content (AvgIpc) is 3.23. The number of amides is 1. The van der Waals surface area contributed by atoms with Gasteiger partial charge in [0.1, 0.15) is 17.9 Å². The molecule has 0 unspecified atom stereocenters. The van der Waals surface area contributed by atoms with Crippen LogP contribution in [0.25, 0.3) is 11.0 Å². The van der Waals surface area contributed by atoms with Crippen molar-refractivity contribution in [1.82, 2.24) is 5.43 Å². The Kier molecular flexibility index (Phi) is 8.23. The van der Waals surface area contributed by atoms with Crippen molar-refractivity contribution in [3.05, 3.63) is 91.0 Å². The second kappa shape index (κ2) is 11.4. The third-order valence-corrected chi connectivity index (χ3v) is 6.27. The van der Waals surface area contributed by atoms with E-state index in [1.54, 1.807) is 48.5 Å². The van der Waals surface area contributed by atoms with E-state index in [9.17, 15) is 4.79 Å². The second-order valence-electron chi connectivity index (χ2n) is 7.28. The largest absolute Gasteiger partial charge is 0.494 e. The zero-order valence-electron chi connectivity index (χ0n) is 18.3. The first-order valence-corrected chi connectivity index (χ1v) is 12.3. The molecule has 0 saturated carbocycles. The lowest BCUT2D eigenvalue weighted by molar-refractivity contribution is 0.0929. The molecule has 0 bridgehead atoms. The number of nitrogens with one attached hydrogen (secondary N) is 1. The van der Waals surface area contributed by atoms with Gasteiger partial charge in [0.15, 0.2) is 11.5 Å². The molecule has 6 nitrogen and oxygen atoms in total. The van der Waals surface area contributed by atoms with Crippen LogP contribution in [-0.2, 0) is 6.61 Å². The molecule has 1 amide bonds. The molecule has 180 valence electrons. The van der Waals surface area contributed by atoms with Crippen LogP contribution in [0.4, 0.5) is 0 Å². The van der Waals surface area contributed by atoms with Gasteiger partial charge in [0.25, 0.3) is 0 Å². The summed E-state index contributed by atoms with van der Waals surface area (Å²) >= 11 is 22.0. The Morgan fingerprint density at radius 3 is 2.63 bits per heavy atom. The van der Waals surface area contributed by atoms with Crippen molar-refractivity contribution in [1.29, 1.82) is 0 Å². The molecule has 3 aromatic carbocycles. The summed E-state index contributed by atoms with van der Waals surface area (Å²) in [4.78, 5) is 12.4. The molecule has 4 rings (SSSR count). The summed E-state index contributed by atoms with van der Waals surface area (Å²) in [6, 6.07) is 15.6. The number of hydrazone groups is 1. The summed E-state index contributed by atoms with van der Waals surface area (Å²) in [7, 11) is 0. The van der Waals surface area contributed by atoms with E-state index in [-0.39, 0.29) is 12.4 Å². The highest BCUT2D eigenvalue weighted by molar-refractivity contribution is 9.10. The average molecular weight is 597 g/mol. The van der Waals surface area contributed by atoms with E-state index in [4.69, 9.17) is 48.7 Å². The summed E-state index contributed by atoms with van der Waals surface area (Å²) in [5.41, 5.74) is 4.44. The number of hydrogen-bond acceptors (Lipinski definition) is 5. The van der Waals surface area contributed by atoms with Crippen molar-refractivity contribution in [2.75, 3.05) is 6.61 Å². The fourth-order valence-electron chi connectivity index (χ4n) is 3.19. The highest BCUT2D eigenvalue weighted by Gasteiger charge is 2.13. The van der Waals surface area contributed by atoms with Crippen molar-refractivity contribution in [3.63, 3.8) is 0 Å². The zero-order chi connectivity index (χ0) is 24.9. The normalized spacial score (nSPS) is 11.2. The number of furan rings is 1. The SMILES string of the molecule is CCOc1ccc2oc(C(=O)N/N=C/c3cc(Cl)c(OCc4ccc(Cl)cc4Cl)c(Br)c3)cc2c1. The monoisotopic (exact) mass is 594 g/mol. The number of fused-ring (bicyclic) bond motifs is 1. The minimum absolute atomic E-state index is 0.134. The van der Waals surface area contributed by atoms with Gasteiger partial charge in [-0.1, -0.05) is 40.9 Å². The van der Waals surface area contributed by atoms with Crippen molar-refractivity contribution in [2.45, 2.75) is 13.5 Å². The van der Waals surface area contributed by atoms with Crippen molar-refractivity contribution in [3.8, 4) is 11.5 Å². The predicted molar refractivity (Wildman–Crippen MR) is 142 cm³/mol. The maximum atomic E-state index is 12.4. The van der Waals surface area contributed by atoms with Crippen LogP contribution in [0, 0.1) is 0 Å². The zero-order valence-corrected chi connectivity index (χ0v) is 22.1. The molecule has 1 heterocycles. The predicted octanol–water partition coefficient (Wildman–Crippen LogP) is 7.90. The van der Waals surface area contributed by atoms with E-state index in [2.05, 4.69) is 26.5 Å². The summed E-state index contributed by atoms with van der Waals surface area (Å²) in [5, 5.41) is 6.17. The van der Waals surface area contributed by atoms with Gasteiger partial charge in [0.2, 0.25) is 0 Å². The van der Waals surface area contributed by atoms with Gasteiger partial charge >= 0.3 is 5.91 Å². The van der Waals surface area contributed by atoms with Gasteiger partial charge in [-0.2, -0.15) is 5.10 Å². The molecule has 0 aliphatic rings. The first-order chi connectivity index (χ1) is 16.8. The summed E-state index contributed by atoms with van der Waals surface area (Å²) in [6.07, 6.45) is 1.46. The van der Waals surface area contributed by atoms with E-state index < -0.39 is 5.91 Å². The summed E-state index contributed by atoms with van der Waals surface area (Å²) in [5.74, 6) is 0.805. The standard InChI is InChI=1S/C25H18BrCl3N2O4/c1-2-33-18-5-6-22-16(9-18)10-23(35-22)25(32)31-30-12-14-7-19(26)24(21(29)8-14)34-13-15-3-4-17(27)11-20(15)28/h3-12H,2,13H2,1H3,(H,31,32)/b30-12+. The summed E-state index contributed by atoms with van der Waals surface area (Å²) < 4.78 is 17.5. The number of halogens is 4. The van der Waals surface area contributed by atoms with Crippen LogP contribution in [0.5, 0.6) is 11.5 Å². The minimum Gasteiger partial charge on any atom is -0.494 e. The third kappa shape index (κ3) is 6.30. The number of rotatable bonds is 8. The number of ether oxygens (including phenoxy) is 2. The topological polar surface area (TPSA) is 73.1 Å². The fraction of sp³-hybridized carbons (Fsp3) is 0.120. The second-order valence-corrected chi connectivity index (χ2v) is 9.39. The molecular formula is C25H18BrCl3N2O4. The van der Waals surface area contributed by atoms with E-state index in [0.717, 1.165) is 10.9 Å². The van der Waals surface area contributed by atoms with Gasteiger partial charge in [0.05, 0.1) is 22.3 Å². The maximum absolute atomic E-state index is 12.4. The number of hydrogen-bond donors (Lipinski definition) is 1. The van der Waals surface area contributed by atoms with Gasteiger partial charge in [0, 0.05) is 21.0 Å². The summed E-state index contributed by atoms with van der Waals surface area (Å²) in [6.45, 7) is 2.66. The molecule has 0 aliphatic carbocycles. The first kappa shape index (κ1) is 25.4. The Labute approximate surface area is 224 Å².